The van der Waals surface area contributed by atoms with Crippen LogP contribution in [0.25, 0.3) is 27.1 Å². The van der Waals surface area contributed by atoms with Gasteiger partial charge < -0.3 is 9.72 Å². The molecule has 0 unspecified atom stereocenters. The van der Waals surface area contributed by atoms with Gasteiger partial charge in [0.15, 0.2) is 11.5 Å². The molecule has 116 valence electrons. The zero-order valence-corrected chi connectivity index (χ0v) is 13.2. The summed E-state index contributed by atoms with van der Waals surface area (Å²) in [4.78, 5) is 13.5. The molecule has 5 aromatic rings. The molecule has 0 saturated heterocycles. The Labute approximate surface area is 140 Å². The number of benzene rings is 1. The molecule has 2 N–H and O–H groups in total. The lowest BCUT2D eigenvalue weighted by molar-refractivity contribution is 1.09. The first-order chi connectivity index (χ1) is 11.9. The van der Waals surface area contributed by atoms with Gasteiger partial charge in [-0.3, -0.25) is 5.10 Å². The fourth-order valence-corrected chi connectivity index (χ4v) is 3.29. The van der Waals surface area contributed by atoms with Crippen LogP contribution in [0, 0.1) is 0 Å². The first-order valence-corrected chi connectivity index (χ1v) is 8.18. The fraction of sp³-hybridized carbons (Fsp3) is 0. The highest BCUT2D eigenvalue weighted by Gasteiger charge is 2.11. The molecule has 0 atom stereocenters. The third kappa shape index (κ3) is 2.12. The molecular weight excluding hydrogens is 322 g/mol. The molecule has 0 bridgehead atoms. The molecule has 1 aromatic carbocycles. The number of fused-ring (bicyclic) bond motifs is 2. The van der Waals surface area contributed by atoms with Gasteiger partial charge in [0.05, 0.1) is 33.3 Å². The Hall–Kier alpha value is -3.26. The van der Waals surface area contributed by atoms with Gasteiger partial charge in [0, 0.05) is 30.4 Å². The summed E-state index contributed by atoms with van der Waals surface area (Å²) >= 11 is 1.63. The number of anilines is 2. The third-order valence-electron chi connectivity index (χ3n) is 3.76. The zero-order valence-electron chi connectivity index (χ0n) is 12.3. The summed E-state index contributed by atoms with van der Waals surface area (Å²) in [7, 11) is 0. The molecule has 0 aliphatic heterocycles. The van der Waals surface area contributed by atoms with E-state index in [0.29, 0.717) is 5.82 Å². The number of nitrogens with one attached hydrogen (secondary N) is 2. The van der Waals surface area contributed by atoms with Gasteiger partial charge in [-0.25, -0.2) is 15.0 Å². The van der Waals surface area contributed by atoms with Crippen molar-refractivity contribution in [1.29, 1.82) is 0 Å². The smallest absolute Gasteiger partial charge is 0.180 e. The summed E-state index contributed by atoms with van der Waals surface area (Å²) in [6, 6.07) is 6.19. The van der Waals surface area contributed by atoms with Crippen molar-refractivity contribution in [1.82, 2.24) is 29.5 Å². The van der Waals surface area contributed by atoms with Crippen LogP contribution in [-0.4, -0.2) is 29.5 Å². The molecule has 0 amide bonds. The summed E-state index contributed by atoms with van der Waals surface area (Å²) < 4.78 is 3.12. The van der Waals surface area contributed by atoms with Crippen molar-refractivity contribution in [2.45, 2.75) is 0 Å². The van der Waals surface area contributed by atoms with E-state index in [1.165, 1.54) is 4.70 Å². The standard InChI is InChI=1S/C16H11N7S/c1-2-14-12(18-9-24-14)5-10(1)13-8-23-4-3-17-16(23)15(22-13)21-11-6-19-20-7-11/h1-9H,(H,19,20)(H,21,22). The first kappa shape index (κ1) is 13.2. The van der Waals surface area contributed by atoms with Crippen LogP contribution >= 0.6 is 11.3 Å². The number of hydrogen-bond acceptors (Lipinski definition) is 6. The molecule has 0 spiro atoms. The monoisotopic (exact) mass is 333 g/mol. The van der Waals surface area contributed by atoms with Crippen LogP contribution in [0.5, 0.6) is 0 Å². The molecule has 24 heavy (non-hydrogen) atoms. The summed E-state index contributed by atoms with van der Waals surface area (Å²) in [5, 5.41) is 9.98. The van der Waals surface area contributed by atoms with Crippen molar-refractivity contribution in [2.75, 3.05) is 5.32 Å². The Morgan fingerprint density at radius 1 is 1.21 bits per heavy atom. The molecule has 0 aliphatic rings. The van der Waals surface area contributed by atoms with E-state index in [1.807, 2.05) is 22.3 Å². The van der Waals surface area contributed by atoms with Crippen molar-refractivity contribution >= 4 is 38.7 Å². The van der Waals surface area contributed by atoms with E-state index in [2.05, 4.69) is 43.7 Å². The van der Waals surface area contributed by atoms with E-state index < -0.39 is 0 Å². The predicted molar refractivity (Wildman–Crippen MR) is 93.5 cm³/mol. The highest BCUT2D eigenvalue weighted by Crippen LogP contribution is 2.27. The normalized spacial score (nSPS) is 11.3. The maximum atomic E-state index is 4.75. The highest BCUT2D eigenvalue weighted by atomic mass is 32.1. The number of hydrogen-bond donors (Lipinski definition) is 2. The lowest BCUT2D eigenvalue weighted by atomic mass is 10.1. The van der Waals surface area contributed by atoms with Crippen LogP contribution in [0.15, 0.2) is 54.7 Å². The van der Waals surface area contributed by atoms with Gasteiger partial charge in [0.25, 0.3) is 0 Å². The summed E-state index contributed by atoms with van der Waals surface area (Å²) in [5.74, 6) is 0.678. The van der Waals surface area contributed by atoms with Crippen molar-refractivity contribution in [3.05, 3.63) is 54.7 Å². The predicted octanol–water partition coefficient (Wildman–Crippen LogP) is 3.47. The maximum absolute atomic E-state index is 4.75. The molecule has 5 rings (SSSR count). The van der Waals surface area contributed by atoms with Gasteiger partial charge in [-0.05, 0) is 12.1 Å². The van der Waals surface area contributed by atoms with Crippen molar-refractivity contribution in [3.63, 3.8) is 0 Å². The number of H-pyrrole nitrogens is 1. The lowest BCUT2D eigenvalue weighted by Crippen LogP contribution is -1.99. The highest BCUT2D eigenvalue weighted by molar-refractivity contribution is 7.16. The summed E-state index contributed by atoms with van der Waals surface area (Å²) in [6.07, 6.45) is 9.11. The average molecular weight is 333 g/mol. The molecule has 0 fully saturated rings. The second-order valence-corrected chi connectivity index (χ2v) is 6.17. The second-order valence-electron chi connectivity index (χ2n) is 5.28. The molecule has 7 nitrogen and oxygen atoms in total. The minimum absolute atomic E-state index is 0.678. The van der Waals surface area contributed by atoms with Crippen molar-refractivity contribution in [2.24, 2.45) is 0 Å². The van der Waals surface area contributed by atoms with Crippen LogP contribution in [0.3, 0.4) is 0 Å². The largest absolute Gasteiger partial charge is 0.335 e. The fourth-order valence-electron chi connectivity index (χ4n) is 2.63. The number of imidazole rings is 1. The van der Waals surface area contributed by atoms with E-state index >= 15 is 0 Å². The number of aromatic amines is 1. The van der Waals surface area contributed by atoms with E-state index in [-0.39, 0.29) is 0 Å². The molecule has 4 aromatic heterocycles. The zero-order chi connectivity index (χ0) is 15.9. The van der Waals surface area contributed by atoms with E-state index in [1.54, 1.807) is 29.9 Å². The Bertz CT molecular complexity index is 1140. The van der Waals surface area contributed by atoms with Gasteiger partial charge in [0.2, 0.25) is 0 Å². The van der Waals surface area contributed by atoms with Crippen LogP contribution in [0.1, 0.15) is 0 Å². The van der Waals surface area contributed by atoms with Gasteiger partial charge in [-0.15, -0.1) is 11.3 Å². The van der Waals surface area contributed by atoms with Crippen LogP contribution in [0.4, 0.5) is 11.5 Å². The van der Waals surface area contributed by atoms with Crippen molar-refractivity contribution < 1.29 is 0 Å². The molecule has 8 heteroatoms. The van der Waals surface area contributed by atoms with Crippen molar-refractivity contribution in [3.8, 4) is 11.3 Å². The third-order valence-corrected chi connectivity index (χ3v) is 4.57. The molecule has 0 saturated carbocycles. The number of nitrogens with zero attached hydrogens (tertiary/aromatic N) is 5. The maximum Gasteiger partial charge on any atom is 0.180 e. The van der Waals surface area contributed by atoms with Gasteiger partial charge in [-0.1, -0.05) is 6.07 Å². The number of aromatic nitrogens is 6. The quantitative estimate of drug-likeness (QED) is 0.528. The molecule has 0 aliphatic carbocycles. The van der Waals surface area contributed by atoms with Crippen LogP contribution in [0.2, 0.25) is 0 Å². The number of thiazole rings is 1. The number of rotatable bonds is 3. The van der Waals surface area contributed by atoms with E-state index in [0.717, 1.165) is 28.1 Å². The van der Waals surface area contributed by atoms with Gasteiger partial charge in [-0.2, -0.15) is 5.10 Å². The Morgan fingerprint density at radius 3 is 3.12 bits per heavy atom. The van der Waals surface area contributed by atoms with Gasteiger partial charge >= 0.3 is 0 Å². The summed E-state index contributed by atoms with van der Waals surface area (Å²) in [5.41, 5.74) is 6.29. The topological polar surface area (TPSA) is 83.8 Å². The van der Waals surface area contributed by atoms with Gasteiger partial charge in [0.1, 0.15) is 0 Å². The minimum atomic E-state index is 0.678. The molecular formula is C16H11N7S. The first-order valence-electron chi connectivity index (χ1n) is 7.30. The van der Waals surface area contributed by atoms with E-state index in [4.69, 9.17) is 4.98 Å². The Kier molecular flexibility index (Phi) is 2.83. The average Bonchev–Trinajstić information content (AvgIpc) is 3.35. The van der Waals surface area contributed by atoms with Crippen LogP contribution < -0.4 is 5.32 Å². The van der Waals surface area contributed by atoms with Crippen LogP contribution in [-0.2, 0) is 0 Å². The lowest BCUT2D eigenvalue weighted by Gasteiger charge is -2.08. The SMILES string of the molecule is c1cn2cc(-c3ccc4scnc4c3)nc(Nc3cn[nH]c3)c2n1. The molecule has 0 radical (unpaired) electrons. The summed E-state index contributed by atoms with van der Waals surface area (Å²) in [6.45, 7) is 0. The second kappa shape index (κ2) is 5.14. The minimum Gasteiger partial charge on any atom is -0.335 e. The Morgan fingerprint density at radius 2 is 2.21 bits per heavy atom. The molecule has 4 heterocycles. The Balaban J connectivity index is 1.67. The van der Waals surface area contributed by atoms with E-state index in [9.17, 15) is 0 Å².